The van der Waals surface area contributed by atoms with Gasteiger partial charge in [0.2, 0.25) is 5.91 Å². The number of anilines is 1. The van der Waals surface area contributed by atoms with Crippen molar-refractivity contribution in [1.29, 1.82) is 0 Å². The molecule has 6 heteroatoms. The van der Waals surface area contributed by atoms with E-state index >= 15 is 0 Å². The second-order valence-corrected chi connectivity index (χ2v) is 6.06. The van der Waals surface area contributed by atoms with Crippen LogP contribution in [-0.2, 0) is 11.3 Å². The second kappa shape index (κ2) is 12.6. The summed E-state index contributed by atoms with van der Waals surface area (Å²) >= 11 is 0. The average Bonchev–Trinajstić information content (AvgIpc) is 2.59. The fraction of sp³-hybridized carbons (Fsp3) is 0.350. The van der Waals surface area contributed by atoms with Gasteiger partial charge in [0.05, 0.1) is 6.54 Å². The van der Waals surface area contributed by atoms with E-state index in [2.05, 4.69) is 31.3 Å². The van der Waals surface area contributed by atoms with Crippen LogP contribution in [-0.4, -0.2) is 30.4 Å². The summed E-state index contributed by atoms with van der Waals surface area (Å²) in [6, 6.07) is 16.2. The van der Waals surface area contributed by atoms with Crippen LogP contribution in [0.2, 0.25) is 0 Å². The molecule has 2 aromatic carbocycles. The summed E-state index contributed by atoms with van der Waals surface area (Å²) in [5.41, 5.74) is 10.1. The Kier molecular flexibility index (Phi) is 11.7. The first-order chi connectivity index (χ1) is 11.6. The van der Waals surface area contributed by atoms with Gasteiger partial charge in [-0.25, -0.2) is 0 Å². The van der Waals surface area contributed by atoms with Crippen molar-refractivity contribution < 1.29 is 4.79 Å². The summed E-state index contributed by atoms with van der Waals surface area (Å²) in [5.74, 6) is 0.0926. The number of nitrogens with one attached hydrogen (secondary N) is 1. The Labute approximate surface area is 169 Å². The molecule has 0 fully saturated rings. The van der Waals surface area contributed by atoms with Gasteiger partial charge in [0.15, 0.2) is 0 Å². The van der Waals surface area contributed by atoms with Crippen molar-refractivity contribution in [2.45, 2.75) is 26.8 Å². The third kappa shape index (κ3) is 7.24. The zero-order valence-electron chi connectivity index (χ0n) is 15.4. The highest BCUT2D eigenvalue weighted by molar-refractivity contribution is 5.85. The Morgan fingerprint density at radius 3 is 2.19 bits per heavy atom. The lowest BCUT2D eigenvalue weighted by atomic mass is 10.1. The molecule has 0 spiro atoms. The predicted octanol–water partition coefficient (Wildman–Crippen LogP) is 3.94. The topological polar surface area (TPSA) is 58.4 Å². The van der Waals surface area contributed by atoms with Gasteiger partial charge >= 0.3 is 0 Å². The molecule has 26 heavy (non-hydrogen) atoms. The number of aryl methyl sites for hydroxylation is 2. The van der Waals surface area contributed by atoms with Crippen molar-refractivity contribution >= 4 is 36.4 Å². The fourth-order valence-electron chi connectivity index (χ4n) is 2.75. The van der Waals surface area contributed by atoms with E-state index in [0.29, 0.717) is 26.2 Å². The molecule has 0 heterocycles. The third-order valence-corrected chi connectivity index (χ3v) is 4.10. The first kappa shape index (κ1) is 24.2. The lowest BCUT2D eigenvalue weighted by Crippen LogP contribution is -2.36. The monoisotopic (exact) mass is 397 g/mol. The molecule has 4 nitrogen and oxygen atoms in total. The number of carbonyl (C=O) groups excluding carboxylic acids is 1. The largest absolute Gasteiger partial charge is 0.376 e. The SMILES string of the molecule is Cc1cccc(C)c1NCC(=O)N(CCCN)Cc1ccccc1.Cl.Cl. The maximum atomic E-state index is 12.7. The highest BCUT2D eigenvalue weighted by Gasteiger charge is 2.14. The molecule has 2 aromatic rings. The van der Waals surface area contributed by atoms with E-state index in [9.17, 15) is 4.79 Å². The van der Waals surface area contributed by atoms with E-state index in [0.717, 1.165) is 28.8 Å². The minimum Gasteiger partial charge on any atom is -0.376 e. The number of hydrogen-bond acceptors (Lipinski definition) is 3. The highest BCUT2D eigenvalue weighted by Crippen LogP contribution is 2.19. The molecule has 0 aromatic heterocycles. The van der Waals surface area contributed by atoms with Gasteiger partial charge in [-0.1, -0.05) is 48.5 Å². The van der Waals surface area contributed by atoms with Crippen LogP contribution in [0.25, 0.3) is 0 Å². The van der Waals surface area contributed by atoms with E-state index in [1.165, 1.54) is 0 Å². The molecule has 0 unspecified atom stereocenters. The number of nitrogens with two attached hydrogens (primary N) is 1. The van der Waals surface area contributed by atoms with E-state index in [4.69, 9.17) is 5.73 Å². The second-order valence-electron chi connectivity index (χ2n) is 6.06. The lowest BCUT2D eigenvalue weighted by molar-refractivity contribution is -0.129. The van der Waals surface area contributed by atoms with Gasteiger partial charge in [-0.05, 0) is 43.5 Å². The molecule has 0 aliphatic carbocycles. The van der Waals surface area contributed by atoms with E-state index < -0.39 is 0 Å². The van der Waals surface area contributed by atoms with E-state index in [1.807, 2.05) is 41.3 Å². The summed E-state index contributed by atoms with van der Waals surface area (Å²) in [6.07, 6.45) is 0.808. The number of benzene rings is 2. The molecule has 0 aliphatic heterocycles. The van der Waals surface area contributed by atoms with Gasteiger partial charge < -0.3 is 16.0 Å². The normalized spacial score (nSPS) is 9.65. The van der Waals surface area contributed by atoms with Crippen LogP contribution in [0.1, 0.15) is 23.1 Å². The number of rotatable bonds is 8. The van der Waals surface area contributed by atoms with Crippen molar-refractivity contribution in [3.8, 4) is 0 Å². The molecule has 0 saturated heterocycles. The maximum Gasteiger partial charge on any atom is 0.242 e. The zero-order chi connectivity index (χ0) is 17.4. The Morgan fingerprint density at radius 2 is 1.62 bits per heavy atom. The van der Waals surface area contributed by atoms with Crippen LogP contribution in [0.3, 0.4) is 0 Å². The summed E-state index contributed by atoms with van der Waals surface area (Å²) in [5, 5.41) is 3.30. The van der Waals surface area contributed by atoms with Gasteiger partial charge in [-0.15, -0.1) is 24.8 Å². The first-order valence-corrected chi connectivity index (χ1v) is 8.43. The maximum absolute atomic E-state index is 12.7. The Bertz CT molecular complexity index is 645. The summed E-state index contributed by atoms with van der Waals surface area (Å²) in [4.78, 5) is 14.5. The van der Waals surface area contributed by atoms with Crippen LogP contribution < -0.4 is 11.1 Å². The van der Waals surface area contributed by atoms with Crippen LogP contribution in [0.15, 0.2) is 48.5 Å². The first-order valence-electron chi connectivity index (χ1n) is 8.43. The van der Waals surface area contributed by atoms with Gasteiger partial charge in [-0.2, -0.15) is 0 Å². The molecule has 1 amide bonds. The molecule has 0 radical (unpaired) electrons. The fourth-order valence-corrected chi connectivity index (χ4v) is 2.75. The molecule has 3 N–H and O–H groups in total. The molecule has 0 atom stereocenters. The summed E-state index contributed by atoms with van der Waals surface area (Å²) in [7, 11) is 0. The van der Waals surface area contributed by atoms with Crippen molar-refractivity contribution in [2.24, 2.45) is 5.73 Å². The molecule has 0 saturated carbocycles. The van der Waals surface area contributed by atoms with E-state index in [-0.39, 0.29) is 30.7 Å². The molecule has 0 aliphatic rings. The standard InChI is InChI=1S/C20H27N3O.2ClH/c1-16-8-6-9-17(2)20(16)22-14-19(24)23(13-7-12-21)15-18-10-4-3-5-11-18;;/h3-6,8-11,22H,7,12-15,21H2,1-2H3;2*1H. The van der Waals surface area contributed by atoms with Gasteiger partial charge in [0, 0.05) is 18.8 Å². The predicted molar refractivity (Wildman–Crippen MR) is 114 cm³/mol. The molecular weight excluding hydrogens is 369 g/mol. The molecule has 2 rings (SSSR count). The number of carbonyl (C=O) groups is 1. The lowest BCUT2D eigenvalue weighted by Gasteiger charge is -2.24. The Morgan fingerprint density at radius 1 is 1.00 bits per heavy atom. The van der Waals surface area contributed by atoms with Crippen molar-refractivity contribution in [3.05, 3.63) is 65.2 Å². The van der Waals surface area contributed by atoms with Crippen LogP contribution in [0.4, 0.5) is 5.69 Å². The highest BCUT2D eigenvalue weighted by atomic mass is 35.5. The minimum absolute atomic E-state index is 0. The van der Waals surface area contributed by atoms with Crippen molar-refractivity contribution in [1.82, 2.24) is 4.90 Å². The van der Waals surface area contributed by atoms with Gasteiger partial charge in [0.25, 0.3) is 0 Å². The number of halogens is 2. The molecule has 144 valence electrons. The number of para-hydroxylation sites is 1. The third-order valence-electron chi connectivity index (χ3n) is 4.10. The van der Waals surface area contributed by atoms with Crippen LogP contribution >= 0.6 is 24.8 Å². The van der Waals surface area contributed by atoms with Crippen molar-refractivity contribution in [3.63, 3.8) is 0 Å². The average molecular weight is 398 g/mol. The van der Waals surface area contributed by atoms with E-state index in [1.54, 1.807) is 0 Å². The Balaban J connectivity index is 0.00000312. The smallest absolute Gasteiger partial charge is 0.242 e. The quantitative estimate of drug-likeness (QED) is 0.708. The number of hydrogen-bond donors (Lipinski definition) is 2. The molecular formula is C20H29Cl2N3O. The Hall–Kier alpha value is -1.75. The van der Waals surface area contributed by atoms with Crippen molar-refractivity contribution in [2.75, 3.05) is 25.0 Å². The van der Waals surface area contributed by atoms with Crippen LogP contribution in [0.5, 0.6) is 0 Å². The van der Waals surface area contributed by atoms with Gasteiger partial charge in [-0.3, -0.25) is 4.79 Å². The zero-order valence-corrected chi connectivity index (χ0v) is 17.0. The minimum atomic E-state index is 0. The number of nitrogens with zero attached hydrogens (tertiary/aromatic N) is 1. The van der Waals surface area contributed by atoms with Crippen LogP contribution in [0, 0.1) is 13.8 Å². The number of amides is 1. The summed E-state index contributed by atoms with van der Waals surface area (Å²) in [6.45, 7) is 6.28. The van der Waals surface area contributed by atoms with Gasteiger partial charge in [0.1, 0.15) is 0 Å². The summed E-state index contributed by atoms with van der Waals surface area (Å²) < 4.78 is 0. The molecule has 0 bridgehead atoms.